The molecule has 3 aromatic rings. The Hall–Kier alpha value is -3.34. The minimum atomic E-state index is -0.742. The summed E-state index contributed by atoms with van der Waals surface area (Å²) in [5.74, 6) is 1.27. The normalized spacial score (nSPS) is 20.2. The number of nitrogens with zero attached hydrogens (tertiary/aromatic N) is 2. The van der Waals surface area contributed by atoms with Crippen LogP contribution in [0.15, 0.2) is 71.9 Å². The number of hydrogen-bond donors (Lipinski definition) is 1. The molecule has 5 rings (SSSR count). The molecule has 25 heavy (non-hydrogen) atoms. The number of nitrogens with two attached hydrogens (primary N) is 1. The SMILES string of the molecule is NC1=NC2(CO1)c1ccccc1Oc1nccc(-c3ccccc3)c12. The number of amidine groups is 1. The Morgan fingerprint density at radius 3 is 2.56 bits per heavy atom. The number of para-hydroxylation sites is 1. The standard InChI is InChI=1S/C20H15N3O2/c21-19-23-20(12-24-19)15-8-4-5-9-16(15)25-18-17(20)14(10-11-22-18)13-6-2-1-3-7-13/h1-11H,12H2,(H2,21,23). The lowest BCUT2D eigenvalue weighted by Crippen LogP contribution is -2.32. The van der Waals surface area contributed by atoms with E-state index in [9.17, 15) is 0 Å². The molecule has 5 heteroatoms. The number of aliphatic imine (C=N–C) groups is 1. The molecule has 0 aliphatic carbocycles. The van der Waals surface area contributed by atoms with Gasteiger partial charge in [0.2, 0.25) is 5.88 Å². The van der Waals surface area contributed by atoms with Crippen molar-refractivity contribution in [3.63, 3.8) is 0 Å². The van der Waals surface area contributed by atoms with Crippen molar-refractivity contribution in [3.05, 3.63) is 78.0 Å². The fraction of sp³-hybridized carbons (Fsp3) is 0.100. The first-order valence-electron chi connectivity index (χ1n) is 8.08. The maximum atomic E-state index is 6.08. The minimum absolute atomic E-state index is 0.186. The number of rotatable bonds is 1. The summed E-state index contributed by atoms with van der Waals surface area (Å²) in [6, 6.07) is 20.1. The van der Waals surface area contributed by atoms with Crippen LogP contribution in [0.25, 0.3) is 11.1 Å². The van der Waals surface area contributed by atoms with E-state index < -0.39 is 5.54 Å². The van der Waals surface area contributed by atoms with Crippen LogP contribution in [-0.4, -0.2) is 17.6 Å². The van der Waals surface area contributed by atoms with E-state index in [1.54, 1.807) is 6.20 Å². The Morgan fingerprint density at radius 1 is 0.960 bits per heavy atom. The number of benzene rings is 2. The second kappa shape index (κ2) is 5.08. The summed E-state index contributed by atoms with van der Waals surface area (Å²) >= 11 is 0. The third-order valence-electron chi connectivity index (χ3n) is 4.68. The van der Waals surface area contributed by atoms with Crippen LogP contribution in [0.2, 0.25) is 0 Å². The quantitative estimate of drug-likeness (QED) is 0.742. The Balaban J connectivity index is 1.85. The van der Waals surface area contributed by atoms with Gasteiger partial charge in [0.05, 0.1) is 5.56 Å². The van der Waals surface area contributed by atoms with Crippen molar-refractivity contribution in [2.45, 2.75) is 5.54 Å². The molecule has 0 saturated heterocycles. The van der Waals surface area contributed by atoms with Crippen molar-refractivity contribution >= 4 is 6.02 Å². The first kappa shape index (κ1) is 14.0. The van der Waals surface area contributed by atoms with Gasteiger partial charge in [-0.15, -0.1) is 0 Å². The molecule has 1 spiro atoms. The van der Waals surface area contributed by atoms with Gasteiger partial charge in [0.15, 0.2) is 5.54 Å². The van der Waals surface area contributed by atoms with Crippen LogP contribution in [0.4, 0.5) is 0 Å². The molecule has 5 nitrogen and oxygen atoms in total. The summed E-state index contributed by atoms with van der Waals surface area (Å²) in [4.78, 5) is 9.16. The van der Waals surface area contributed by atoms with Crippen molar-refractivity contribution in [2.24, 2.45) is 10.7 Å². The molecule has 2 aliphatic rings. The maximum absolute atomic E-state index is 6.08. The molecule has 1 aromatic heterocycles. The van der Waals surface area contributed by atoms with E-state index in [2.05, 4.69) is 17.1 Å². The van der Waals surface area contributed by atoms with E-state index in [1.807, 2.05) is 48.5 Å². The molecule has 3 heterocycles. The van der Waals surface area contributed by atoms with E-state index >= 15 is 0 Å². The van der Waals surface area contributed by atoms with Crippen LogP contribution in [-0.2, 0) is 10.3 Å². The second-order valence-electron chi connectivity index (χ2n) is 6.10. The molecule has 2 aliphatic heterocycles. The van der Waals surface area contributed by atoms with Crippen LogP contribution in [0, 0.1) is 0 Å². The van der Waals surface area contributed by atoms with Gasteiger partial charge in [0.1, 0.15) is 12.4 Å². The van der Waals surface area contributed by atoms with E-state index in [4.69, 9.17) is 20.2 Å². The largest absolute Gasteiger partial charge is 0.462 e. The van der Waals surface area contributed by atoms with Gasteiger partial charge in [-0.1, -0.05) is 48.5 Å². The molecule has 1 atom stereocenters. The third kappa shape index (κ3) is 1.96. The lowest BCUT2D eigenvalue weighted by atomic mass is 9.79. The van der Waals surface area contributed by atoms with E-state index in [1.165, 1.54) is 0 Å². The second-order valence-corrected chi connectivity index (χ2v) is 6.10. The monoisotopic (exact) mass is 329 g/mol. The Kier molecular flexibility index (Phi) is 2.85. The van der Waals surface area contributed by atoms with Gasteiger partial charge in [-0.2, -0.15) is 0 Å². The van der Waals surface area contributed by atoms with Crippen LogP contribution in [0.1, 0.15) is 11.1 Å². The average Bonchev–Trinajstić information content (AvgIpc) is 3.04. The van der Waals surface area contributed by atoms with Gasteiger partial charge < -0.3 is 15.2 Å². The third-order valence-corrected chi connectivity index (χ3v) is 4.68. The molecule has 0 fully saturated rings. The van der Waals surface area contributed by atoms with Gasteiger partial charge in [-0.25, -0.2) is 9.98 Å². The summed E-state index contributed by atoms with van der Waals surface area (Å²) in [6.45, 7) is 0.331. The van der Waals surface area contributed by atoms with E-state index in [-0.39, 0.29) is 6.02 Å². The number of pyridine rings is 1. The number of aromatic nitrogens is 1. The fourth-order valence-corrected chi connectivity index (χ4v) is 3.61. The van der Waals surface area contributed by atoms with E-state index in [0.717, 1.165) is 28.0 Å². The Morgan fingerprint density at radius 2 is 1.76 bits per heavy atom. The van der Waals surface area contributed by atoms with Crippen LogP contribution >= 0.6 is 0 Å². The van der Waals surface area contributed by atoms with E-state index in [0.29, 0.717) is 12.5 Å². The summed E-state index contributed by atoms with van der Waals surface area (Å²) in [5.41, 5.74) is 9.08. The summed E-state index contributed by atoms with van der Waals surface area (Å²) in [5, 5.41) is 0. The zero-order valence-corrected chi connectivity index (χ0v) is 13.3. The van der Waals surface area contributed by atoms with Gasteiger partial charge in [0, 0.05) is 11.8 Å². The molecule has 122 valence electrons. The van der Waals surface area contributed by atoms with Crippen molar-refractivity contribution in [1.82, 2.24) is 4.98 Å². The van der Waals surface area contributed by atoms with Crippen molar-refractivity contribution in [3.8, 4) is 22.8 Å². The molecule has 1 unspecified atom stereocenters. The first-order valence-corrected chi connectivity index (χ1v) is 8.08. The average molecular weight is 329 g/mol. The van der Waals surface area contributed by atoms with Gasteiger partial charge in [-0.05, 0) is 23.3 Å². The zero-order valence-electron chi connectivity index (χ0n) is 13.3. The van der Waals surface area contributed by atoms with Gasteiger partial charge in [-0.3, -0.25) is 0 Å². The molecular weight excluding hydrogens is 314 g/mol. The van der Waals surface area contributed by atoms with Crippen LogP contribution in [0.5, 0.6) is 11.6 Å². The topological polar surface area (TPSA) is 69.7 Å². The molecule has 0 radical (unpaired) electrons. The summed E-state index contributed by atoms with van der Waals surface area (Å²) < 4.78 is 11.7. The minimum Gasteiger partial charge on any atom is -0.462 e. The molecule has 0 bridgehead atoms. The predicted octanol–water partition coefficient (Wildman–Crippen LogP) is 3.44. The highest BCUT2D eigenvalue weighted by Gasteiger charge is 2.48. The van der Waals surface area contributed by atoms with Crippen LogP contribution in [0.3, 0.4) is 0 Å². The fourth-order valence-electron chi connectivity index (χ4n) is 3.61. The summed E-state index contributed by atoms with van der Waals surface area (Å²) in [7, 11) is 0. The smallest absolute Gasteiger partial charge is 0.283 e. The predicted molar refractivity (Wildman–Crippen MR) is 94.5 cm³/mol. The number of ether oxygens (including phenoxy) is 2. The molecule has 2 aromatic carbocycles. The molecular formula is C20H15N3O2. The maximum Gasteiger partial charge on any atom is 0.283 e. The van der Waals surface area contributed by atoms with Crippen molar-refractivity contribution < 1.29 is 9.47 Å². The number of fused-ring (bicyclic) bond motifs is 4. The van der Waals surface area contributed by atoms with Crippen LogP contribution < -0.4 is 10.5 Å². The van der Waals surface area contributed by atoms with Gasteiger partial charge >= 0.3 is 0 Å². The highest BCUT2D eigenvalue weighted by molar-refractivity contribution is 5.80. The lowest BCUT2D eigenvalue weighted by Gasteiger charge is -2.34. The van der Waals surface area contributed by atoms with Crippen molar-refractivity contribution in [2.75, 3.05) is 6.61 Å². The molecule has 2 N–H and O–H groups in total. The highest BCUT2D eigenvalue weighted by Crippen LogP contribution is 2.52. The first-order chi connectivity index (χ1) is 12.3. The Labute approximate surface area is 144 Å². The summed E-state index contributed by atoms with van der Waals surface area (Å²) in [6.07, 6.45) is 1.76. The highest BCUT2D eigenvalue weighted by atomic mass is 16.5. The molecule has 0 saturated carbocycles. The lowest BCUT2D eigenvalue weighted by molar-refractivity contribution is 0.263. The number of hydrogen-bond acceptors (Lipinski definition) is 5. The van der Waals surface area contributed by atoms with Crippen molar-refractivity contribution in [1.29, 1.82) is 0 Å². The zero-order chi connectivity index (χ0) is 16.9. The molecule has 0 amide bonds. The Bertz CT molecular complexity index is 1000. The van der Waals surface area contributed by atoms with Gasteiger partial charge in [0.25, 0.3) is 6.02 Å².